The van der Waals surface area contributed by atoms with Crippen molar-refractivity contribution in [3.05, 3.63) is 39.3 Å². The second kappa shape index (κ2) is 4.43. The molecule has 0 N–H and O–H groups in total. The van der Waals surface area contributed by atoms with Crippen molar-refractivity contribution < 1.29 is 0 Å². The number of aromatic nitrogens is 3. The Balaban J connectivity index is 2.79. The third-order valence-electron chi connectivity index (χ3n) is 2.84. The van der Waals surface area contributed by atoms with E-state index >= 15 is 0 Å². The molecule has 0 bridgehead atoms. The standard InChI is InChI=1S/C13H13ClN4/c1-7-5-8(2)16-13(11(7)6-15)18-10(4)12(14)9(3)17-18/h5H,1-4H3. The van der Waals surface area contributed by atoms with Crippen LogP contribution in [0.5, 0.6) is 0 Å². The van der Waals surface area contributed by atoms with Crippen molar-refractivity contribution in [2.75, 3.05) is 0 Å². The molecule has 2 heterocycles. The van der Waals surface area contributed by atoms with Crippen molar-refractivity contribution in [3.8, 4) is 11.9 Å². The molecule has 92 valence electrons. The van der Waals surface area contributed by atoms with Crippen molar-refractivity contribution in [2.24, 2.45) is 0 Å². The fourth-order valence-electron chi connectivity index (χ4n) is 1.94. The van der Waals surface area contributed by atoms with E-state index in [4.69, 9.17) is 11.6 Å². The molecule has 0 atom stereocenters. The van der Waals surface area contributed by atoms with Crippen LogP contribution >= 0.6 is 11.6 Å². The van der Waals surface area contributed by atoms with Crippen LogP contribution in [0.1, 0.15) is 28.2 Å². The first kappa shape index (κ1) is 12.6. The Bertz CT molecular complexity index is 665. The topological polar surface area (TPSA) is 54.5 Å². The molecule has 0 spiro atoms. The third kappa shape index (κ3) is 1.87. The van der Waals surface area contributed by atoms with Gasteiger partial charge in [0.25, 0.3) is 0 Å². The predicted octanol–water partition coefficient (Wildman–Crippen LogP) is 3.03. The van der Waals surface area contributed by atoms with E-state index < -0.39 is 0 Å². The fraction of sp³-hybridized carbons (Fsp3) is 0.308. The van der Waals surface area contributed by atoms with E-state index in [1.165, 1.54) is 0 Å². The minimum absolute atomic E-state index is 0.530. The molecule has 0 aliphatic heterocycles. The Morgan fingerprint density at radius 1 is 1.28 bits per heavy atom. The molecule has 5 heteroatoms. The molecule has 0 aromatic carbocycles. The monoisotopic (exact) mass is 260 g/mol. The lowest BCUT2D eigenvalue weighted by molar-refractivity contribution is 0.796. The summed E-state index contributed by atoms with van der Waals surface area (Å²) >= 11 is 6.13. The highest BCUT2D eigenvalue weighted by Crippen LogP contribution is 2.24. The molecular weight excluding hydrogens is 248 g/mol. The maximum atomic E-state index is 9.25. The molecule has 18 heavy (non-hydrogen) atoms. The van der Waals surface area contributed by atoms with Crippen LogP contribution in [-0.4, -0.2) is 14.8 Å². The number of hydrogen-bond donors (Lipinski definition) is 0. The van der Waals surface area contributed by atoms with Gasteiger partial charge in [-0.1, -0.05) is 11.6 Å². The Hall–Kier alpha value is -1.86. The molecule has 0 radical (unpaired) electrons. The average Bonchev–Trinajstić information content (AvgIpc) is 2.56. The SMILES string of the molecule is Cc1cc(C)c(C#N)c(-n2nc(C)c(Cl)c2C)n1. The summed E-state index contributed by atoms with van der Waals surface area (Å²) in [4.78, 5) is 4.41. The lowest BCUT2D eigenvalue weighted by Gasteiger charge is -2.09. The van der Waals surface area contributed by atoms with Crippen LogP contribution in [0.25, 0.3) is 5.82 Å². The first-order valence-corrected chi connectivity index (χ1v) is 5.94. The predicted molar refractivity (Wildman–Crippen MR) is 70.0 cm³/mol. The van der Waals surface area contributed by atoms with Gasteiger partial charge in [-0.3, -0.25) is 0 Å². The van der Waals surface area contributed by atoms with E-state index in [0.29, 0.717) is 16.4 Å². The second-order valence-corrected chi connectivity index (χ2v) is 4.67. The molecule has 0 amide bonds. The van der Waals surface area contributed by atoms with Gasteiger partial charge in [0.2, 0.25) is 0 Å². The number of halogens is 1. The lowest BCUT2D eigenvalue weighted by Crippen LogP contribution is -2.07. The van der Waals surface area contributed by atoms with Crippen LogP contribution in [0.4, 0.5) is 0 Å². The normalized spacial score (nSPS) is 10.4. The molecule has 0 saturated heterocycles. The van der Waals surface area contributed by atoms with Crippen LogP contribution in [0.3, 0.4) is 0 Å². The molecule has 0 fully saturated rings. The van der Waals surface area contributed by atoms with Crippen LogP contribution in [-0.2, 0) is 0 Å². The summed E-state index contributed by atoms with van der Waals surface area (Å²) in [5.74, 6) is 0.544. The van der Waals surface area contributed by atoms with Crippen LogP contribution in [0.15, 0.2) is 6.07 Å². The van der Waals surface area contributed by atoms with E-state index in [1.54, 1.807) is 4.68 Å². The largest absolute Gasteiger partial charge is 0.233 e. The zero-order valence-corrected chi connectivity index (χ0v) is 11.5. The van der Waals surface area contributed by atoms with Gasteiger partial charge >= 0.3 is 0 Å². The summed E-state index contributed by atoms with van der Waals surface area (Å²) in [6.07, 6.45) is 0. The van der Waals surface area contributed by atoms with Gasteiger partial charge in [-0.05, 0) is 39.3 Å². The van der Waals surface area contributed by atoms with Gasteiger partial charge in [0.1, 0.15) is 6.07 Å². The Morgan fingerprint density at radius 3 is 2.44 bits per heavy atom. The van der Waals surface area contributed by atoms with E-state index in [-0.39, 0.29) is 0 Å². The van der Waals surface area contributed by atoms with Gasteiger partial charge in [0.15, 0.2) is 5.82 Å². The molecular formula is C13H13ClN4. The van der Waals surface area contributed by atoms with E-state index in [2.05, 4.69) is 16.2 Å². The Morgan fingerprint density at radius 2 is 1.94 bits per heavy atom. The zero-order chi connectivity index (χ0) is 13.4. The average molecular weight is 261 g/mol. The number of aryl methyl sites for hydroxylation is 3. The highest BCUT2D eigenvalue weighted by atomic mass is 35.5. The zero-order valence-electron chi connectivity index (χ0n) is 10.7. The molecule has 0 saturated carbocycles. The van der Waals surface area contributed by atoms with Gasteiger partial charge in [-0.25, -0.2) is 9.67 Å². The lowest BCUT2D eigenvalue weighted by atomic mass is 10.1. The van der Waals surface area contributed by atoms with Gasteiger partial charge in [-0.2, -0.15) is 10.4 Å². The summed E-state index contributed by atoms with van der Waals surface area (Å²) in [6, 6.07) is 4.06. The summed E-state index contributed by atoms with van der Waals surface area (Å²) in [7, 11) is 0. The minimum atomic E-state index is 0.530. The Labute approximate surface area is 111 Å². The summed E-state index contributed by atoms with van der Waals surface area (Å²) in [6.45, 7) is 7.48. The molecule has 4 nitrogen and oxygen atoms in total. The van der Waals surface area contributed by atoms with Crippen molar-refractivity contribution >= 4 is 11.6 Å². The number of rotatable bonds is 1. The minimum Gasteiger partial charge on any atom is -0.233 e. The van der Waals surface area contributed by atoms with Crippen LogP contribution < -0.4 is 0 Å². The first-order valence-electron chi connectivity index (χ1n) is 5.56. The van der Waals surface area contributed by atoms with Gasteiger partial charge in [0.05, 0.1) is 22.0 Å². The van der Waals surface area contributed by atoms with Crippen molar-refractivity contribution in [1.82, 2.24) is 14.8 Å². The molecule has 2 aromatic heterocycles. The maximum absolute atomic E-state index is 9.25. The van der Waals surface area contributed by atoms with Crippen molar-refractivity contribution in [3.63, 3.8) is 0 Å². The van der Waals surface area contributed by atoms with Crippen LogP contribution in [0.2, 0.25) is 5.02 Å². The summed E-state index contributed by atoms with van der Waals surface area (Å²) < 4.78 is 1.64. The van der Waals surface area contributed by atoms with E-state index in [0.717, 1.165) is 22.6 Å². The number of pyridine rings is 1. The highest BCUT2D eigenvalue weighted by molar-refractivity contribution is 6.31. The highest BCUT2D eigenvalue weighted by Gasteiger charge is 2.16. The van der Waals surface area contributed by atoms with Gasteiger partial charge in [0, 0.05) is 5.69 Å². The van der Waals surface area contributed by atoms with E-state index in [1.807, 2.05) is 33.8 Å². The van der Waals surface area contributed by atoms with Crippen molar-refractivity contribution in [2.45, 2.75) is 27.7 Å². The molecule has 2 rings (SSSR count). The molecule has 0 aliphatic carbocycles. The number of nitrogens with zero attached hydrogens (tertiary/aromatic N) is 4. The molecule has 0 unspecified atom stereocenters. The van der Waals surface area contributed by atoms with Crippen LogP contribution in [0, 0.1) is 39.0 Å². The van der Waals surface area contributed by atoms with Gasteiger partial charge < -0.3 is 0 Å². The molecule has 0 aliphatic rings. The van der Waals surface area contributed by atoms with Gasteiger partial charge in [-0.15, -0.1) is 0 Å². The van der Waals surface area contributed by atoms with Crippen molar-refractivity contribution in [1.29, 1.82) is 5.26 Å². The second-order valence-electron chi connectivity index (χ2n) is 4.29. The quantitative estimate of drug-likeness (QED) is 0.792. The smallest absolute Gasteiger partial charge is 0.172 e. The summed E-state index contributed by atoms with van der Waals surface area (Å²) in [5, 5.41) is 14.2. The molecule has 2 aromatic rings. The Kier molecular flexibility index (Phi) is 3.10. The maximum Gasteiger partial charge on any atom is 0.172 e. The van der Waals surface area contributed by atoms with E-state index in [9.17, 15) is 5.26 Å². The first-order chi connectivity index (χ1) is 8.45. The fourth-order valence-corrected chi connectivity index (χ4v) is 2.06. The number of hydrogen-bond acceptors (Lipinski definition) is 3. The summed E-state index contributed by atoms with van der Waals surface area (Å²) in [5.41, 5.74) is 3.80. The third-order valence-corrected chi connectivity index (χ3v) is 3.39. The number of nitriles is 1.